The Morgan fingerprint density at radius 3 is 2.75 bits per heavy atom. The van der Waals surface area contributed by atoms with Crippen molar-refractivity contribution in [3.63, 3.8) is 0 Å². The van der Waals surface area contributed by atoms with Crippen LogP contribution in [0.2, 0.25) is 0 Å². The first kappa shape index (κ1) is 15.3. The topological polar surface area (TPSA) is 32.7 Å². The van der Waals surface area contributed by atoms with Crippen LogP contribution in [-0.4, -0.2) is 36.8 Å². The van der Waals surface area contributed by atoms with E-state index < -0.39 is 6.10 Å². The smallest absolute Gasteiger partial charge is 0.124 e. The van der Waals surface area contributed by atoms with Crippen LogP contribution in [0.4, 0.5) is 0 Å². The van der Waals surface area contributed by atoms with Crippen molar-refractivity contribution in [1.82, 2.24) is 4.90 Å². The fourth-order valence-electron chi connectivity index (χ4n) is 2.95. The third-order valence-corrected chi connectivity index (χ3v) is 4.36. The molecule has 3 nitrogen and oxygen atoms in total. The second kappa shape index (κ2) is 6.59. The minimum absolute atomic E-state index is 0.435. The molecule has 0 bridgehead atoms. The van der Waals surface area contributed by atoms with Gasteiger partial charge in [-0.15, -0.1) is 0 Å². The molecule has 1 fully saturated rings. The van der Waals surface area contributed by atoms with Gasteiger partial charge in [-0.05, 0) is 43.8 Å². The lowest BCUT2D eigenvalue weighted by molar-refractivity contribution is 0.111. The fourth-order valence-corrected chi connectivity index (χ4v) is 2.95. The van der Waals surface area contributed by atoms with Crippen molar-refractivity contribution in [2.24, 2.45) is 5.41 Å². The van der Waals surface area contributed by atoms with E-state index in [2.05, 4.69) is 18.7 Å². The Balaban J connectivity index is 1.99. The van der Waals surface area contributed by atoms with Gasteiger partial charge in [0.1, 0.15) is 5.75 Å². The number of methoxy groups -OCH3 is 1. The van der Waals surface area contributed by atoms with Crippen LogP contribution in [0.5, 0.6) is 5.75 Å². The predicted octanol–water partition coefficient (Wildman–Crippen LogP) is 3.24. The molecule has 0 aromatic heterocycles. The van der Waals surface area contributed by atoms with Crippen molar-refractivity contribution >= 4 is 0 Å². The van der Waals surface area contributed by atoms with Crippen molar-refractivity contribution in [2.75, 3.05) is 26.7 Å². The summed E-state index contributed by atoms with van der Waals surface area (Å²) in [4.78, 5) is 2.38. The predicted molar refractivity (Wildman–Crippen MR) is 82.0 cm³/mol. The number of likely N-dealkylation sites (tertiary alicyclic amines) is 1. The van der Waals surface area contributed by atoms with Crippen LogP contribution in [0, 0.1) is 5.41 Å². The number of β-amino-alcohol motifs (C(OH)–C–C–N with tert-alkyl or cyclic N) is 1. The van der Waals surface area contributed by atoms with Crippen LogP contribution in [0.25, 0.3) is 0 Å². The highest BCUT2D eigenvalue weighted by Gasteiger charge is 2.24. The van der Waals surface area contributed by atoms with Crippen molar-refractivity contribution in [3.8, 4) is 5.75 Å². The summed E-state index contributed by atoms with van der Waals surface area (Å²) in [7, 11) is 1.65. The molecule has 2 rings (SSSR count). The summed E-state index contributed by atoms with van der Waals surface area (Å²) in [5.74, 6) is 0.773. The van der Waals surface area contributed by atoms with E-state index in [1.807, 2.05) is 24.3 Å². The summed E-state index contributed by atoms with van der Waals surface area (Å²) in [6.45, 7) is 7.52. The largest absolute Gasteiger partial charge is 0.496 e. The van der Waals surface area contributed by atoms with E-state index in [-0.39, 0.29) is 0 Å². The molecule has 0 radical (unpaired) electrons. The zero-order valence-electron chi connectivity index (χ0n) is 12.9. The second-order valence-electron chi connectivity index (χ2n) is 6.58. The Labute approximate surface area is 122 Å². The molecule has 0 amide bonds. The quantitative estimate of drug-likeness (QED) is 0.917. The Hall–Kier alpha value is -1.06. The van der Waals surface area contributed by atoms with E-state index in [0.717, 1.165) is 24.4 Å². The molecule has 1 N–H and O–H groups in total. The lowest BCUT2D eigenvalue weighted by Crippen LogP contribution is -2.30. The Kier molecular flexibility index (Phi) is 5.06. The Morgan fingerprint density at radius 2 is 2.00 bits per heavy atom. The molecule has 0 saturated carbocycles. The number of para-hydroxylation sites is 1. The summed E-state index contributed by atoms with van der Waals surface area (Å²) in [5, 5.41) is 10.5. The molecular formula is C17H27NO2. The number of hydrogen-bond acceptors (Lipinski definition) is 3. The number of aliphatic hydroxyl groups is 1. The maximum atomic E-state index is 10.5. The third-order valence-electron chi connectivity index (χ3n) is 4.36. The fraction of sp³-hybridized carbons (Fsp3) is 0.647. The molecule has 1 saturated heterocycles. The highest BCUT2D eigenvalue weighted by atomic mass is 16.5. The summed E-state index contributed by atoms with van der Waals surface area (Å²) in [5.41, 5.74) is 1.32. The van der Waals surface area contributed by atoms with E-state index in [4.69, 9.17) is 4.74 Å². The second-order valence-corrected chi connectivity index (χ2v) is 6.58. The lowest BCUT2D eigenvalue weighted by atomic mass is 9.85. The zero-order valence-corrected chi connectivity index (χ0v) is 12.9. The molecule has 112 valence electrons. The molecule has 1 aliphatic heterocycles. The van der Waals surface area contributed by atoms with Crippen molar-refractivity contribution in [3.05, 3.63) is 29.8 Å². The molecule has 0 spiro atoms. The van der Waals surface area contributed by atoms with Gasteiger partial charge in [-0.25, -0.2) is 0 Å². The molecule has 1 atom stereocenters. The Morgan fingerprint density at radius 1 is 1.25 bits per heavy atom. The monoisotopic (exact) mass is 277 g/mol. The van der Waals surface area contributed by atoms with Crippen LogP contribution in [0.1, 0.15) is 44.8 Å². The SMILES string of the molecule is COc1ccccc1C(O)CN1CCCC(C)(C)CC1. The number of ether oxygens (including phenoxy) is 1. The summed E-state index contributed by atoms with van der Waals surface area (Å²) in [6, 6.07) is 7.74. The van der Waals surface area contributed by atoms with Crippen molar-refractivity contribution < 1.29 is 9.84 Å². The zero-order chi connectivity index (χ0) is 14.6. The first-order valence-electron chi connectivity index (χ1n) is 7.55. The van der Waals surface area contributed by atoms with Crippen LogP contribution in [-0.2, 0) is 0 Å². The van der Waals surface area contributed by atoms with E-state index in [1.165, 1.54) is 19.3 Å². The summed E-state index contributed by atoms with van der Waals surface area (Å²) in [6.07, 6.45) is 3.21. The van der Waals surface area contributed by atoms with E-state index >= 15 is 0 Å². The van der Waals surface area contributed by atoms with Gasteiger partial charge in [0.25, 0.3) is 0 Å². The average molecular weight is 277 g/mol. The number of aliphatic hydroxyl groups excluding tert-OH is 1. The first-order chi connectivity index (χ1) is 9.52. The van der Waals surface area contributed by atoms with E-state index in [0.29, 0.717) is 12.0 Å². The number of hydrogen-bond donors (Lipinski definition) is 1. The van der Waals surface area contributed by atoms with Gasteiger partial charge in [0, 0.05) is 12.1 Å². The maximum absolute atomic E-state index is 10.5. The highest BCUT2D eigenvalue weighted by molar-refractivity contribution is 5.35. The van der Waals surface area contributed by atoms with Crippen molar-refractivity contribution in [1.29, 1.82) is 0 Å². The van der Waals surface area contributed by atoms with Crippen LogP contribution < -0.4 is 4.74 Å². The maximum Gasteiger partial charge on any atom is 0.124 e. The summed E-state index contributed by atoms with van der Waals surface area (Å²) >= 11 is 0. The molecule has 20 heavy (non-hydrogen) atoms. The van der Waals surface area contributed by atoms with Crippen molar-refractivity contribution in [2.45, 2.75) is 39.2 Å². The molecule has 3 heteroatoms. The van der Waals surface area contributed by atoms with Gasteiger partial charge >= 0.3 is 0 Å². The van der Waals surface area contributed by atoms with Gasteiger partial charge < -0.3 is 14.7 Å². The molecule has 1 aliphatic rings. The van der Waals surface area contributed by atoms with E-state index in [1.54, 1.807) is 7.11 Å². The molecule has 0 aliphatic carbocycles. The molecular weight excluding hydrogens is 250 g/mol. The number of benzene rings is 1. The molecule has 1 unspecified atom stereocenters. The van der Waals surface area contributed by atoms with Gasteiger partial charge in [-0.3, -0.25) is 0 Å². The molecule has 1 heterocycles. The average Bonchev–Trinajstić information content (AvgIpc) is 2.60. The van der Waals surface area contributed by atoms with Gasteiger partial charge in [-0.2, -0.15) is 0 Å². The highest BCUT2D eigenvalue weighted by Crippen LogP contribution is 2.31. The third kappa shape index (κ3) is 3.97. The van der Waals surface area contributed by atoms with Gasteiger partial charge in [0.15, 0.2) is 0 Å². The molecule has 1 aromatic carbocycles. The summed E-state index contributed by atoms with van der Waals surface area (Å²) < 4.78 is 5.33. The lowest BCUT2D eigenvalue weighted by Gasteiger charge is -2.25. The van der Waals surface area contributed by atoms with Crippen LogP contribution >= 0.6 is 0 Å². The first-order valence-corrected chi connectivity index (χ1v) is 7.55. The van der Waals surface area contributed by atoms with E-state index in [9.17, 15) is 5.11 Å². The van der Waals surface area contributed by atoms with Crippen LogP contribution in [0.3, 0.4) is 0 Å². The number of rotatable bonds is 4. The standard InChI is InChI=1S/C17H27NO2/c1-17(2)9-6-11-18(12-10-17)13-15(19)14-7-4-5-8-16(14)20-3/h4-5,7-8,15,19H,6,9-13H2,1-3H3. The van der Waals surface area contributed by atoms with Gasteiger partial charge in [0.05, 0.1) is 13.2 Å². The number of nitrogens with zero attached hydrogens (tertiary/aromatic N) is 1. The minimum atomic E-state index is -0.479. The van der Waals surface area contributed by atoms with Crippen LogP contribution in [0.15, 0.2) is 24.3 Å². The van der Waals surface area contributed by atoms with Gasteiger partial charge in [0.2, 0.25) is 0 Å². The normalized spacial score (nSPS) is 21.2. The van der Waals surface area contributed by atoms with Gasteiger partial charge in [-0.1, -0.05) is 32.0 Å². The Bertz CT molecular complexity index is 431. The molecule has 1 aromatic rings. The minimum Gasteiger partial charge on any atom is -0.496 e.